The Hall–Kier alpha value is -3.42. The SMILES string of the molecule is CCOC(=O)c1ccc2c(c1)nc(Nc1nc3cc(F)ccc3[nH]1)n2C. The highest BCUT2D eigenvalue weighted by Gasteiger charge is 2.13. The minimum absolute atomic E-state index is 0.318. The van der Waals surface area contributed by atoms with Crippen LogP contribution in [0.25, 0.3) is 22.1 Å². The van der Waals surface area contributed by atoms with E-state index in [2.05, 4.69) is 20.3 Å². The van der Waals surface area contributed by atoms with Crippen molar-refractivity contribution in [3.8, 4) is 0 Å². The fourth-order valence-electron chi connectivity index (χ4n) is 2.80. The number of benzene rings is 2. The van der Waals surface area contributed by atoms with Crippen LogP contribution >= 0.6 is 0 Å². The number of nitrogens with one attached hydrogen (secondary N) is 2. The molecule has 2 aromatic carbocycles. The number of carbonyl (C=O) groups excluding carboxylic acids is 1. The largest absolute Gasteiger partial charge is 0.462 e. The molecule has 0 atom stereocenters. The Kier molecular flexibility index (Phi) is 3.80. The van der Waals surface area contributed by atoms with Gasteiger partial charge in [-0.1, -0.05) is 0 Å². The Labute approximate surface area is 147 Å². The molecule has 0 radical (unpaired) electrons. The van der Waals surface area contributed by atoms with E-state index >= 15 is 0 Å². The van der Waals surface area contributed by atoms with Crippen LogP contribution in [0, 0.1) is 5.82 Å². The molecule has 0 amide bonds. The molecule has 2 heterocycles. The Morgan fingerprint density at radius 2 is 2.08 bits per heavy atom. The van der Waals surface area contributed by atoms with Crippen LogP contribution in [0.2, 0.25) is 0 Å². The van der Waals surface area contributed by atoms with E-state index in [4.69, 9.17) is 4.74 Å². The summed E-state index contributed by atoms with van der Waals surface area (Å²) >= 11 is 0. The summed E-state index contributed by atoms with van der Waals surface area (Å²) in [6.07, 6.45) is 0. The fourth-order valence-corrected chi connectivity index (χ4v) is 2.80. The van der Waals surface area contributed by atoms with Gasteiger partial charge in [0.2, 0.25) is 11.9 Å². The molecular weight excluding hydrogens is 337 g/mol. The second-order valence-corrected chi connectivity index (χ2v) is 5.79. The molecule has 0 aliphatic carbocycles. The molecule has 0 unspecified atom stereocenters. The monoisotopic (exact) mass is 353 g/mol. The first-order chi connectivity index (χ1) is 12.5. The molecule has 0 fully saturated rings. The van der Waals surface area contributed by atoms with E-state index in [1.165, 1.54) is 12.1 Å². The van der Waals surface area contributed by atoms with Crippen LogP contribution < -0.4 is 5.32 Å². The molecule has 4 aromatic rings. The molecule has 7 nitrogen and oxygen atoms in total. The number of halogens is 1. The number of hydrogen-bond donors (Lipinski definition) is 2. The Balaban J connectivity index is 1.69. The number of anilines is 2. The first-order valence-electron chi connectivity index (χ1n) is 8.11. The Morgan fingerprint density at radius 3 is 2.88 bits per heavy atom. The van der Waals surface area contributed by atoms with E-state index in [0.29, 0.717) is 35.1 Å². The van der Waals surface area contributed by atoms with Crippen LogP contribution in [-0.2, 0) is 11.8 Å². The lowest BCUT2D eigenvalue weighted by atomic mass is 10.2. The predicted octanol–water partition coefficient (Wildman–Crippen LogP) is 3.51. The molecule has 0 aliphatic heterocycles. The molecule has 0 aliphatic rings. The van der Waals surface area contributed by atoms with Gasteiger partial charge >= 0.3 is 5.97 Å². The van der Waals surface area contributed by atoms with Gasteiger partial charge in [0.25, 0.3) is 0 Å². The molecule has 0 saturated heterocycles. The van der Waals surface area contributed by atoms with Gasteiger partial charge in [0, 0.05) is 13.1 Å². The number of rotatable bonds is 4. The van der Waals surface area contributed by atoms with Gasteiger partial charge in [-0.15, -0.1) is 0 Å². The van der Waals surface area contributed by atoms with Gasteiger partial charge in [-0.05, 0) is 37.3 Å². The van der Waals surface area contributed by atoms with E-state index in [0.717, 1.165) is 11.0 Å². The number of aromatic nitrogens is 4. The molecule has 132 valence electrons. The number of aryl methyl sites for hydroxylation is 1. The highest BCUT2D eigenvalue weighted by atomic mass is 19.1. The molecule has 0 bridgehead atoms. The van der Waals surface area contributed by atoms with Gasteiger partial charge in [-0.25, -0.2) is 19.2 Å². The first kappa shape index (κ1) is 16.1. The van der Waals surface area contributed by atoms with Gasteiger partial charge in [0.05, 0.1) is 34.2 Å². The van der Waals surface area contributed by atoms with E-state index in [1.54, 1.807) is 25.1 Å². The van der Waals surface area contributed by atoms with Gasteiger partial charge in [-0.3, -0.25) is 5.32 Å². The molecular formula is C18H16FN5O2. The van der Waals surface area contributed by atoms with Crippen LogP contribution in [0.4, 0.5) is 16.3 Å². The summed E-state index contributed by atoms with van der Waals surface area (Å²) in [5.41, 5.74) is 3.20. The van der Waals surface area contributed by atoms with Crippen LogP contribution in [0.1, 0.15) is 17.3 Å². The fraction of sp³-hybridized carbons (Fsp3) is 0.167. The molecule has 0 spiro atoms. The minimum Gasteiger partial charge on any atom is -0.462 e. The summed E-state index contributed by atoms with van der Waals surface area (Å²) in [4.78, 5) is 23.8. The van der Waals surface area contributed by atoms with Crippen molar-refractivity contribution in [1.29, 1.82) is 0 Å². The number of H-pyrrole nitrogens is 1. The molecule has 2 N–H and O–H groups in total. The number of imidazole rings is 2. The van der Waals surface area contributed by atoms with Crippen molar-refractivity contribution in [2.45, 2.75) is 6.92 Å². The molecule has 8 heteroatoms. The van der Waals surface area contributed by atoms with Crippen molar-refractivity contribution in [3.05, 3.63) is 47.8 Å². The smallest absolute Gasteiger partial charge is 0.338 e. The third-order valence-corrected chi connectivity index (χ3v) is 4.07. The van der Waals surface area contributed by atoms with Crippen LogP contribution in [0.3, 0.4) is 0 Å². The zero-order chi connectivity index (χ0) is 18.3. The number of aromatic amines is 1. The van der Waals surface area contributed by atoms with Crippen molar-refractivity contribution < 1.29 is 13.9 Å². The Morgan fingerprint density at radius 1 is 1.23 bits per heavy atom. The maximum Gasteiger partial charge on any atom is 0.338 e. The van der Waals surface area contributed by atoms with E-state index in [9.17, 15) is 9.18 Å². The average Bonchev–Trinajstić information content (AvgIpc) is 3.15. The first-order valence-corrected chi connectivity index (χ1v) is 8.11. The van der Waals surface area contributed by atoms with Crippen LogP contribution in [0.15, 0.2) is 36.4 Å². The third kappa shape index (κ3) is 2.75. The normalized spacial score (nSPS) is 11.2. The van der Waals surface area contributed by atoms with Gasteiger partial charge < -0.3 is 14.3 Å². The van der Waals surface area contributed by atoms with Crippen molar-refractivity contribution >= 4 is 39.9 Å². The quantitative estimate of drug-likeness (QED) is 0.549. The number of nitrogens with zero attached hydrogens (tertiary/aromatic N) is 3. The van der Waals surface area contributed by atoms with Gasteiger partial charge in [0.15, 0.2) is 0 Å². The average molecular weight is 353 g/mol. The second kappa shape index (κ2) is 6.14. The van der Waals surface area contributed by atoms with Crippen molar-refractivity contribution in [2.24, 2.45) is 7.05 Å². The summed E-state index contributed by atoms with van der Waals surface area (Å²) < 4.78 is 20.2. The number of fused-ring (bicyclic) bond motifs is 2. The second-order valence-electron chi connectivity index (χ2n) is 5.79. The lowest BCUT2D eigenvalue weighted by Gasteiger charge is -2.03. The number of ether oxygens (including phenoxy) is 1. The summed E-state index contributed by atoms with van der Waals surface area (Å²) in [5.74, 6) is 0.272. The van der Waals surface area contributed by atoms with Crippen molar-refractivity contribution in [1.82, 2.24) is 19.5 Å². The van der Waals surface area contributed by atoms with E-state index in [-0.39, 0.29) is 11.8 Å². The van der Waals surface area contributed by atoms with E-state index < -0.39 is 0 Å². The van der Waals surface area contributed by atoms with Gasteiger partial charge in [0.1, 0.15) is 5.82 Å². The summed E-state index contributed by atoms with van der Waals surface area (Å²) in [7, 11) is 1.85. The highest BCUT2D eigenvalue weighted by molar-refractivity contribution is 5.94. The van der Waals surface area contributed by atoms with E-state index in [1.807, 2.05) is 17.7 Å². The standard InChI is InChI=1S/C18H16FN5O2/c1-3-26-16(25)10-4-7-15-14(8-10)22-18(24(15)2)23-17-20-12-6-5-11(19)9-13(12)21-17/h4-9H,3H2,1-2H3,(H2,20,21,22,23). The zero-order valence-electron chi connectivity index (χ0n) is 14.2. The lowest BCUT2D eigenvalue weighted by Crippen LogP contribution is -2.04. The lowest BCUT2D eigenvalue weighted by molar-refractivity contribution is 0.0526. The summed E-state index contributed by atoms with van der Waals surface area (Å²) in [6.45, 7) is 2.08. The van der Waals surface area contributed by atoms with Crippen molar-refractivity contribution in [3.63, 3.8) is 0 Å². The van der Waals surface area contributed by atoms with Crippen LogP contribution in [0.5, 0.6) is 0 Å². The third-order valence-electron chi connectivity index (χ3n) is 4.07. The molecule has 0 saturated carbocycles. The summed E-state index contributed by atoms with van der Waals surface area (Å²) in [6, 6.07) is 9.56. The number of hydrogen-bond acceptors (Lipinski definition) is 5. The predicted molar refractivity (Wildman–Crippen MR) is 96.0 cm³/mol. The number of esters is 1. The molecule has 2 aromatic heterocycles. The molecule has 4 rings (SSSR count). The maximum absolute atomic E-state index is 13.3. The van der Waals surface area contributed by atoms with Gasteiger partial charge in [-0.2, -0.15) is 0 Å². The number of carbonyl (C=O) groups is 1. The summed E-state index contributed by atoms with van der Waals surface area (Å²) in [5, 5.41) is 3.09. The minimum atomic E-state index is -0.381. The van der Waals surface area contributed by atoms with Crippen molar-refractivity contribution in [2.75, 3.05) is 11.9 Å². The Bertz CT molecular complexity index is 1130. The topological polar surface area (TPSA) is 84.8 Å². The zero-order valence-corrected chi connectivity index (χ0v) is 14.2. The van der Waals surface area contributed by atoms with Crippen LogP contribution in [-0.4, -0.2) is 32.1 Å². The molecule has 26 heavy (non-hydrogen) atoms. The maximum atomic E-state index is 13.3. The highest BCUT2D eigenvalue weighted by Crippen LogP contribution is 2.23.